The summed E-state index contributed by atoms with van der Waals surface area (Å²) >= 11 is 0. The number of benzene rings is 2. The van der Waals surface area contributed by atoms with E-state index >= 15 is 0 Å². The van der Waals surface area contributed by atoms with Crippen molar-refractivity contribution in [1.82, 2.24) is 10.3 Å². The highest BCUT2D eigenvalue weighted by atomic mass is 16.6. The first-order chi connectivity index (χ1) is 13.9. The summed E-state index contributed by atoms with van der Waals surface area (Å²) in [4.78, 5) is 12.5. The van der Waals surface area contributed by atoms with Crippen molar-refractivity contribution in [3.05, 3.63) is 53.1 Å². The van der Waals surface area contributed by atoms with Gasteiger partial charge in [-0.1, -0.05) is 26.0 Å². The van der Waals surface area contributed by atoms with Gasteiger partial charge in [-0.15, -0.1) is 0 Å². The molecule has 152 valence electrons. The molecule has 0 radical (unpaired) electrons. The van der Waals surface area contributed by atoms with Crippen LogP contribution >= 0.6 is 0 Å². The van der Waals surface area contributed by atoms with E-state index in [0.717, 1.165) is 28.0 Å². The number of methoxy groups -OCH3 is 1. The molecule has 2 aromatic carbocycles. The summed E-state index contributed by atoms with van der Waals surface area (Å²) in [6.07, 6.45) is 0. The number of hydrogen-bond donors (Lipinski definition) is 1. The molecule has 0 aliphatic heterocycles. The van der Waals surface area contributed by atoms with Gasteiger partial charge < -0.3 is 14.8 Å². The van der Waals surface area contributed by atoms with Crippen molar-refractivity contribution in [1.29, 1.82) is 0 Å². The molecule has 1 N–H and O–H groups in total. The highest BCUT2D eigenvalue weighted by Gasteiger charge is 2.18. The van der Waals surface area contributed by atoms with E-state index in [1.807, 2.05) is 50.2 Å². The van der Waals surface area contributed by atoms with E-state index in [0.29, 0.717) is 11.4 Å². The molecule has 1 amide bonds. The molecule has 3 rings (SSSR count). The van der Waals surface area contributed by atoms with Crippen molar-refractivity contribution in [3.8, 4) is 22.8 Å². The summed E-state index contributed by atoms with van der Waals surface area (Å²) in [5.74, 6) is 1.64. The Bertz CT molecular complexity index is 1010. The van der Waals surface area contributed by atoms with Crippen LogP contribution in [0.4, 0.5) is 5.82 Å². The van der Waals surface area contributed by atoms with Gasteiger partial charge in [-0.3, -0.25) is 4.79 Å². The molecule has 1 heterocycles. The fourth-order valence-corrected chi connectivity index (χ4v) is 3.03. The molecule has 0 bridgehead atoms. The van der Waals surface area contributed by atoms with Crippen LogP contribution < -0.4 is 14.8 Å². The van der Waals surface area contributed by atoms with Crippen LogP contribution in [0.2, 0.25) is 0 Å². The van der Waals surface area contributed by atoms with Crippen LogP contribution in [-0.4, -0.2) is 29.9 Å². The van der Waals surface area contributed by atoms with Crippen LogP contribution in [0.25, 0.3) is 11.3 Å². The van der Waals surface area contributed by atoms with Crippen molar-refractivity contribution in [2.75, 3.05) is 19.0 Å². The lowest BCUT2D eigenvalue weighted by Crippen LogP contribution is -2.21. The first-order valence-corrected chi connectivity index (χ1v) is 9.39. The Morgan fingerprint density at radius 2 is 1.93 bits per heavy atom. The normalized spacial score (nSPS) is 10.8. The van der Waals surface area contributed by atoms with Gasteiger partial charge in [0.1, 0.15) is 11.5 Å². The van der Waals surface area contributed by atoms with Crippen molar-refractivity contribution >= 4 is 11.7 Å². The zero-order chi connectivity index (χ0) is 21.0. The number of ether oxygens (including phenoxy) is 2. The third-order valence-corrected chi connectivity index (χ3v) is 4.58. The maximum Gasteiger partial charge on any atom is 0.263 e. The second-order valence-electron chi connectivity index (χ2n) is 7.18. The summed E-state index contributed by atoms with van der Waals surface area (Å²) in [5.41, 5.74) is 4.30. The minimum absolute atomic E-state index is 0.142. The zero-order valence-electron chi connectivity index (χ0n) is 17.3. The van der Waals surface area contributed by atoms with Crippen LogP contribution in [-0.2, 0) is 4.79 Å². The minimum Gasteiger partial charge on any atom is -0.497 e. The molecule has 3 aromatic rings. The molecule has 0 aliphatic carbocycles. The molecule has 0 spiro atoms. The molecule has 0 unspecified atom stereocenters. The Balaban J connectivity index is 1.72. The van der Waals surface area contributed by atoms with Crippen molar-refractivity contribution in [2.24, 2.45) is 0 Å². The van der Waals surface area contributed by atoms with Gasteiger partial charge in [0, 0.05) is 5.56 Å². The average molecular weight is 395 g/mol. The lowest BCUT2D eigenvalue weighted by Gasteiger charge is -2.14. The maximum absolute atomic E-state index is 12.5. The smallest absolute Gasteiger partial charge is 0.263 e. The van der Waals surface area contributed by atoms with Gasteiger partial charge in [-0.05, 0) is 71.0 Å². The highest BCUT2D eigenvalue weighted by molar-refractivity contribution is 5.94. The fraction of sp³-hybridized carbons (Fsp3) is 0.318. The number of aryl methyl sites for hydroxylation is 2. The second-order valence-corrected chi connectivity index (χ2v) is 7.18. The average Bonchev–Trinajstić information content (AvgIpc) is 3.13. The van der Waals surface area contributed by atoms with Crippen LogP contribution in [0, 0.1) is 13.8 Å². The Labute approximate surface area is 170 Å². The van der Waals surface area contributed by atoms with Gasteiger partial charge in [0.25, 0.3) is 5.91 Å². The van der Waals surface area contributed by atoms with Gasteiger partial charge in [0.2, 0.25) is 5.82 Å². The number of rotatable bonds is 7. The van der Waals surface area contributed by atoms with Crippen molar-refractivity contribution in [3.63, 3.8) is 0 Å². The van der Waals surface area contributed by atoms with Crippen molar-refractivity contribution in [2.45, 2.75) is 33.6 Å². The number of carbonyl (C=O) groups excluding carboxylic acids is 1. The molecule has 0 fully saturated rings. The van der Waals surface area contributed by atoms with Crippen LogP contribution in [0.5, 0.6) is 11.5 Å². The predicted octanol–water partition coefficient (Wildman–Crippen LogP) is 4.50. The lowest BCUT2D eigenvalue weighted by molar-refractivity contribution is -0.118. The van der Waals surface area contributed by atoms with Gasteiger partial charge in [0.15, 0.2) is 12.3 Å². The molecule has 0 atom stereocenters. The summed E-state index contributed by atoms with van der Waals surface area (Å²) in [6.45, 7) is 7.94. The van der Waals surface area contributed by atoms with Crippen LogP contribution in [0.3, 0.4) is 0 Å². The van der Waals surface area contributed by atoms with Gasteiger partial charge >= 0.3 is 0 Å². The Morgan fingerprint density at radius 3 is 2.62 bits per heavy atom. The number of anilines is 1. The van der Waals surface area contributed by atoms with Crippen molar-refractivity contribution < 1.29 is 18.9 Å². The number of amides is 1. The summed E-state index contributed by atoms with van der Waals surface area (Å²) in [7, 11) is 1.61. The largest absolute Gasteiger partial charge is 0.497 e. The highest BCUT2D eigenvalue weighted by Crippen LogP contribution is 2.30. The number of hydrogen-bond acceptors (Lipinski definition) is 6. The molecular formula is C22H25N3O4. The van der Waals surface area contributed by atoms with E-state index in [-0.39, 0.29) is 24.2 Å². The zero-order valence-corrected chi connectivity index (χ0v) is 17.3. The molecule has 7 nitrogen and oxygen atoms in total. The molecule has 29 heavy (non-hydrogen) atoms. The molecule has 0 saturated heterocycles. The molecule has 1 aromatic heterocycles. The number of nitrogens with zero attached hydrogens (tertiary/aromatic N) is 2. The second kappa shape index (κ2) is 8.77. The lowest BCUT2D eigenvalue weighted by atomic mass is 10.0. The topological polar surface area (TPSA) is 86.5 Å². The fourth-order valence-electron chi connectivity index (χ4n) is 3.03. The van der Waals surface area contributed by atoms with Crippen LogP contribution in [0.15, 0.2) is 41.0 Å². The third-order valence-electron chi connectivity index (χ3n) is 4.58. The Hall–Kier alpha value is -3.35. The van der Waals surface area contributed by atoms with E-state index in [9.17, 15) is 4.79 Å². The summed E-state index contributed by atoms with van der Waals surface area (Å²) in [5, 5.41) is 10.5. The number of carbonyl (C=O) groups is 1. The Morgan fingerprint density at radius 1 is 1.14 bits per heavy atom. The van der Waals surface area contributed by atoms with Gasteiger partial charge in [-0.2, -0.15) is 0 Å². The van der Waals surface area contributed by atoms with E-state index in [1.54, 1.807) is 7.11 Å². The van der Waals surface area contributed by atoms with Gasteiger partial charge in [0.05, 0.1) is 7.11 Å². The monoisotopic (exact) mass is 395 g/mol. The van der Waals surface area contributed by atoms with E-state index in [1.165, 1.54) is 0 Å². The first kappa shape index (κ1) is 20.4. The minimum atomic E-state index is -0.343. The van der Waals surface area contributed by atoms with E-state index < -0.39 is 0 Å². The quantitative estimate of drug-likeness (QED) is 0.634. The predicted molar refractivity (Wildman–Crippen MR) is 110 cm³/mol. The van der Waals surface area contributed by atoms with E-state index in [4.69, 9.17) is 14.1 Å². The van der Waals surface area contributed by atoms with Crippen LogP contribution in [0.1, 0.15) is 36.5 Å². The van der Waals surface area contributed by atoms with E-state index in [2.05, 4.69) is 29.5 Å². The standard InChI is InChI=1S/C22H25N3O4/c1-13(2)17-8-6-14(3)10-19(17)28-12-20(26)23-22-21(24-29-25-22)18-9-7-16(27-5)11-15(18)4/h6-11,13H,12H2,1-5H3,(H,23,25,26). The number of aromatic nitrogens is 2. The third kappa shape index (κ3) is 4.74. The Kier molecular flexibility index (Phi) is 6.16. The molecule has 0 saturated carbocycles. The molecule has 0 aliphatic rings. The summed E-state index contributed by atoms with van der Waals surface area (Å²) < 4.78 is 15.9. The number of nitrogens with one attached hydrogen (secondary N) is 1. The summed E-state index contributed by atoms with van der Waals surface area (Å²) in [6, 6.07) is 11.5. The first-order valence-electron chi connectivity index (χ1n) is 9.39. The molecular weight excluding hydrogens is 370 g/mol. The maximum atomic E-state index is 12.5. The van der Waals surface area contributed by atoms with Gasteiger partial charge in [-0.25, -0.2) is 4.63 Å². The molecule has 7 heteroatoms. The SMILES string of the molecule is COc1ccc(-c2nonc2NC(=O)COc2cc(C)ccc2C(C)C)c(C)c1.